The predicted molar refractivity (Wildman–Crippen MR) is 71.9 cm³/mol. The number of rotatable bonds is 4. The Morgan fingerprint density at radius 2 is 1.95 bits per heavy atom. The smallest absolute Gasteiger partial charge is 0.339 e. The van der Waals surface area contributed by atoms with Gasteiger partial charge in [0.05, 0.1) is 24.1 Å². The zero-order chi connectivity index (χ0) is 14.5. The highest BCUT2D eigenvalue weighted by atomic mass is 16.5. The first-order chi connectivity index (χ1) is 9.65. The summed E-state index contributed by atoms with van der Waals surface area (Å²) in [6.45, 7) is 0. The third-order valence-corrected chi connectivity index (χ3v) is 2.66. The third-order valence-electron chi connectivity index (χ3n) is 2.66. The molecule has 6 nitrogen and oxygen atoms in total. The summed E-state index contributed by atoms with van der Waals surface area (Å²) in [6.07, 6.45) is 0.610. The predicted octanol–water partition coefficient (Wildman–Crippen LogP) is 1.87. The number of aromatic amines is 1. The van der Waals surface area contributed by atoms with Gasteiger partial charge in [0.2, 0.25) is 0 Å². The number of amides is 1. The number of aldehydes is 1. The van der Waals surface area contributed by atoms with Crippen LogP contribution in [0.5, 0.6) is 0 Å². The highest BCUT2D eigenvalue weighted by Crippen LogP contribution is 2.17. The van der Waals surface area contributed by atoms with Crippen LogP contribution in [0.1, 0.15) is 31.3 Å². The number of esters is 1. The van der Waals surface area contributed by atoms with E-state index in [2.05, 4.69) is 15.0 Å². The zero-order valence-corrected chi connectivity index (χ0v) is 10.7. The van der Waals surface area contributed by atoms with Gasteiger partial charge in [-0.15, -0.1) is 0 Å². The fourth-order valence-corrected chi connectivity index (χ4v) is 1.68. The molecule has 0 aliphatic rings. The number of anilines is 1. The molecule has 6 heteroatoms. The monoisotopic (exact) mass is 272 g/mol. The summed E-state index contributed by atoms with van der Waals surface area (Å²) in [7, 11) is 1.27. The van der Waals surface area contributed by atoms with Gasteiger partial charge in [-0.2, -0.15) is 0 Å². The first kappa shape index (κ1) is 13.5. The van der Waals surface area contributed by atoms with Crippen LogP contribution < -0.4 is 5.32 Å². The Morgan fingerprint density at radius 1 is 1.20 bits per heavy atom. The van der Waals surface area contributed by atoms with Gasteiger partial charge < -0.3 is 15.0 Å². The van der Waals surface area contributed by atoms with Crippen LogP contribution in [-0.4, -0.2) is 30.3 Å². The zero-order valence-electron chi connectivity index (χ0n) is 10.7. The van der Waals surface area contributed by atoms with E-state index in [9.17, 15) is 14.4 Å². The number of benzene rings is 1. The highest BCUT2D eigenvalue weighted by molar-refractivity contribution is 6.07. The van der Waals surface area contributed by atoms with E-state index in [1.807, 2.05) is 0 Å². The van der Waals surface area contributed by atoms with Crippen molar-refractivity contribution in [2.45, 2.75) is 0 Å². The van der Waals surface area contributed by atoms with Crippen LogP contribution in [0, 0.1) is 0 Å². The summed E-state index contributed by atoms with van der Waals surface area (Å²) in [5, 5.41) is 2.59. The van der Waals surface area contributed by atoms with Crippen molar-refractivity contribution < 1.29 is 19.1 Å². The second-order valence-corrected chi connectivity index (χ2v) is 3.94. The van der Waals surface area contributed by atoms with Crippen LogP contribution in [0.15, 0.2) is 36.4 Å². The summed E-state index contributed by atoms with van der Waals surface area (Å²) in [5.74, 6) is -0.990. The van der Waals surface area contributed by atoms with Crippen LogP contribution in [0.25, 0.3) is 0 Å². The van der Waals surface area contributed by atoms with Crippen molar-refractivity contribution in [3.8, 4) is 0 Å². The Bertz CT molecular complexity index is 661. The third kappa shape index (κ3) is 2.74. The molecule has 2 N–H and O–H groups in total. The van der Waals surface area contributed by atoms with Crippen molar-refractivity contribution in [2.24, 2.45) is 0 Å². The summed E-state index contributed by atoms with van der Waals surface area (Å²) in [4.78, 5) is 36.8. The lowest BCUT2D eigenvalue weighted by Gasteiger charge is -2.08. The molecule has 0 saturated heterocycles. The van der Waals surface area contributed by atoms with Gasteiger partial charge in [0.1, 0.15) is 5.69 Å². The molecule has 0 spiro atoms. The van der Waals surface area contributed by atoms with Crippen molar-refractivity contribution in [3.63, 3.8) is 0 Å². The maximum Gasteiger partial charge on any atom is 0.339 e. The van der Waals surface area contributed by atoms with E-state index in [0.717, 1.165) is 0 Å². The Kier molecular flexibility index (Phi) is 3.95. The summed E-state index contributed by atoms with van der Waals surface area (Å²) >= 11 is 0. The van der Waals surface area contributed by atoms with Crippen molar-refractivity contribution >= 4 is 23.9 Å². The normalized spacial score (nSPS) is 9.85. The standard InChI is InChI=1S/C14H12N2O4/c1-20-14(19)10-4-2-3-5-11(10)16-13(18)12-7-6-9(8-17)15-12/h2-8,15H,1H3,(H,16,18). The number of aromatic nitrogens is 1. The molecular formula is C14H12N2O4. The lowest BCUT2D eigenvalue weighted by molar-refractivity contribution is 0.0602. The molecule has 0 aliphatic carbocycles. The van der Waals surface area contributed by atoms with E-state index in [-0.39, 0.29) is 11.3 Å². The van der Waals surface area contributed by atoms with Gasteiger partial charge in [0.15, 0.2) is 6.29 Å². The van der Waals surface area contributed by atoms with Crippen molar-refractivity contribution in [1.82, 2.24) is 4.98 Å². The van der Waals surface area contributed by atoms with Crippen LogP contribution >= 0.6 is 0 Å². The number of para-hydroxylation sites is 1. The fourth-order valence-electron chi connectivity index (χ4n) is 1.68. The fraction of sp³-hybridized carbons (Fsp3) is 0.0714. The number of hydrogen-bond acceptors (Lipinski definition) is 4. The molecule has 1 heterocycles. The van der Waals surface area contributed by atoms with Gasteiger partial charge in [0, 0.05) is 0 Å². The first-order valence-corrected chi connectivity index (χ1v) is 5.78. The molecule has 0 radical (unpaired) electrons. The summed E-state index contributed by atoms with van der Waals surface area (Å²) < 4.78 is 4.64. The Labute approximate surface area is 114 Å². The average molecular weight is 272 g/mol. The van der Waals surface area contributed by atoms with E-state index in [0.29, 0.717) is 17.7 Å². The quantitative estimate of drug-likeness (QED) is 0.657. The van der Waals surface area contributed by atoms with E-state index in [1.54, 1.807) is 24.3 Å². The minimum Gasteiger partial charge on any atom is -0.465 e. The van der Waals surface area contributed by atoms with Crippen molar-refractivity contribution in [3.05, 3.63) is 53.3 Å². The van der Waals surface area contributed by atoms with Gasteiger partial charge in [-0.1, -0.05) is 12.1 Å². The number of H-pyrrole nitrogens is 1. The highest BCUT2D eigenvalue weighted by Gasteiger charge is 2.15. The molecule has 1 amide bonds. The van der Waals surface area contributed by atoms with Crippen LogP contribution in [0.2, 0.25) is 0 Å². The number of carbonyl (C=O) groups excluding carboxylic acids is 3. The van der Waals surface area contributed by atoms with Crippen LogP contribution in [0.4, 0.5) is 5.69 Å². The van der Waals surface area contributed by atoms with E-state index in [1.165, 1.54) is 19.2 Å². The van der Waals surface area contributed by atoms with Gasteiger partial charge in [0.25, 0.3) is 5.91 Å². The van der Waals surface area contributed by atoms with Crippen molar-refractivity contribution in [2.75, 3.05) is 12.4 Å². The lowest BCUT2D eigenvalue weighted by Crippen LogP contribution is -2.15. The van der Waals surface area contributed by atoms with Crippen molar-refractivity contribution in [1.29, 1.82) is 0 Å². The van der Waals surface area contributed by atoms with Crippen LogP contribution in [0.3, 0.4) is 0 Å². The number of nitrogens with one attached hydrogen (secondary N) is 2. The number of ether oxygens (including phenoxy) is 1. The molecule has 2 aromatic rings. The Hall–Kier alpha value is -2.89. The Morgan fingerprint density at radius 3 is 2.60 bits per heavy atom. The number of methoxy groups -OCH3 is 1. The molecule has 0 bridgehead atoms. The van der Waals surface area contributed by atoms with Gasteiger partial charge in [-0.3, -0.25) is 9.59 Å². The largest absolute Gasteiger partial charge is 0.465 e. The molecule has 1 aromatic heterocycles. The second-order valence-electron chi connectivity index (χ2n) is 3.94. The molecule has 2 rings (SSSR count). The van der Waals surface area contributed by atoms with Gasteiger partial charge in [-0.05, 0) is 24.3 Å². The lowest BCUT2D eigenvalue weighted by atomic mass is 10.1. The maximum absolute atomic E-state index is 12.0. The van der Waals surface area contributed by atoms with E-state index in [4.69, 9.17) is 0 Å². The molecular weight excluding hydrogens is 260 g/mol. The molecule has 0 atom stereocenters. The molecule has 102 valence electrons. The summed E-state index contributed by atoms with van der Waals surface area (Å²) in [6, 6.07) is 9.48. The average Bonchev–Trinajstić information content (AvgIpc) is 2.96. The van der Waals surface area contributed by atoms with E-state index >= 15 is 0 Å². The van der Waals surface area contributed by atoms with Crippen LogP contribution in [-0.2, 0) is 4.74 Å². The molecule has 0 fully saturated rings. The first-order valence-electron chi connectivity index (χ1n) is 5.78. The Balaban J connectivity index is 2.23. The molecule has 1 aromatic carbocycles. The topological polar surface area (TPSA) is 88.3 Å². The minimum atomic E-state index is -0.541. The summed E-state index contributed by atoms with van der Waals surface area (Å²) in [5.41, 5.74) is 1.13. The maximum atomic E-state index is 12.0. The SMILES string of the molecule is COC(=O)c1ccccc1NC(=O)c1ccc(C=O)[nH]1. The molecule has 0 aliphatic heterocycles. The number of hydrogen-bond donors (Lipinski definition) is 2. The molecule has 0 saturated carbocycles. The van der Waals surface area contributed by atoms with Gasteiger partial charge in [-0.25, -0.2) is 4.79 Å². The second kappa shape index (κ2) is 5.83. The van der Waals surface area contributed by atoms with Gasteiger partial charge >= 0.3 is 5.97 Å². The molecule has 20 heavy (non-hydrogen) atoms. The minimum absolute atomic E-state index is 0.228. The number of carbonyl (C=O) groups is 3. The van der Waals surface area contributed by atoms with E-state index < -0.39 is 11.9 Å². The molecule has 0 unspecified atom stereocenters.